The number of nitrogens with zero attached hydrogens (tertiary/aromatic N) is 2. The fraction of sp³-hybridized carbons (Fsp3) is 0.217. The van der Waals surface area contributed by atoms with E-state index >= 15 is 0 Å². The minimum Gasteiger partial charge on any atom is -0.486 e. The number of fused-ring (bicyclic) bond motifs is 1. The van der Waals surface area contributed by atoms with Gasteiger partial charge in [-0.05, 0) is 54.4 Å². The highest BCUT2D eigenvalue weighted by Crippen LogP contribution is 2.21. The second-order valence-corrected chi connectivity index (χ2v) is 6.87. The van der Waals surface area contributed by atoms with Crippen molar-refractivity contribution in [2.24, 2.45) is 0 Å². The Balaban J connectivity index is 1.26. The van der Waals surface area contributed by atoms with Crippen LogP contribution in [0.25, 0.3) is 10.8 Å². The van der Waals surface area contributed by atoms with E-state index in [1.165, 1.54) is 5.39 Å². The number of aryl methyl sites for hydroxylation is 2. The zero-order valence-electron chi connectivity index (χ0n) is 16.3. The highest BCUT2D eigenvalue weighted by molar-refractivity contribution is 5.91. The zero-order valence-corrected chi connectivity index (χ0v) is 16.3. The van der Waals surface area contributed by atoms with E-state index in [2.05, 4.69) is 16.5 Å². The highest BCUT2D eigenvalue weighted by Gasteiger charge is 2.11. The number of nitrogens with one attached hydrogen (secondary N) is 1. The maximum absolute atomic E-state index is 12.2. The van der Waals surface area contributed by atoms with Gasteiger partial charge in [-0.25, -0.2) is 0 Å². The van der Waals surface area contributed by atoms with Crippen LogP contribution >= 0.6 is 0 Å². The molecule has 2 aromatic heterocycles. The van der Waals surface area contributed by atoms with Crippen LogP contribution < -0.4 is 10.1 Å². The molecule has 0 saturated carbocycles. The van der Waals surface area contributed by atoms with Gasteiger partial charge in [-0.1, -0.05) is 30.3 Å². The number of hydrogen-bond acceptors (Lipinski definition) is 4. The van der Waals surface area contributed by atoms with E-state index in [4.69, 9.17) is 9.15 Å². The van der Waals surface area contributed by atoms with Crippen molar-refractivity contribution >= 4 is 16.7 Å². The van der Waals surface area contributed by atoms with E-state index < -0.39 is 0 Å². The molecule has 6 heteroatoms. The van der Waals surface area contributed by atoms with Crippen molar-refractivity contribution in [3.05, 3.63) is 84.1 Å². The lowest BCUT2D eigenvalue weighted by atomic mass is 10.1. The Morgan fingerprint density at radius 2 is 1.97 bits per heavy atom. The molecule has 0 aliphatic rings. The third-order valence-electron chi connectivity index (χ3n) is 4.75. The van der Waals surface area contributed by atoms with E-state index in [-0.39, 0.29) is 18.3 Å². The molecule has 1 N–H and O–H groups in total. The molecule has 0 unspecified atom stereocenters. The Bertz CT molecular complexity index is 1110. The highest BCUT2D eigenvalue weighted by atomic mass is 16.5. The minimum absolute atomic E-state index is 0.223. The summed E-state index contributed by atoms with van der Waals surface area (Å²) in [4.78, 5) is 12.2. The van der Waals surface area contributed by atoms with Crippen LogP contribution in [-0.2, 0) is 13.2 Å². The Morgan fingerprint density at radius 3 is 2.79 bits per heavy atom. The summed E-state index contributed by atoms with van der Waals surface area (Å²) in [5.74, 6) is 1.44. The molecule has 0 spiro atoms. The lowest BCUT2D eigenvalue weighted by Gasteiger charge is -2.06. The van der Waals surface area contributed by atoms with Gasteiger partial charge in [0.1, 0.15) is 18.1 Å². The van der Waals surface area contributed by atoms with Gasteiger partial charge in [-0.15, -0.1) is 0 Å². The normalized spacial score (nSPS) is 10.9. The summed E-state index contributed by atoms with van der Waals surface area (Å²) in [5.41, 5.74) is 1.11. The van der Waals surface area contributed by atoms with Crippen LogP contribution in [0.1, 0.15) is 28.4 Å². The SMILES string of the molecule is Cc1ccnn1CCCNC(=O)c1ccc(COc2ccc3ccccc3c2)o1. The van der Waals surface area contributed by atoms with Crippen molar-refractivity contribution < 1.29 is 13.9 Å². The quantitative estimate of drug-likeness (QED) is 0.455. The monoisotopic (exact) mass is 389 g/mol. The topological polar surface area (TPSA) is 69.3 Å². The first-order valence-electron chi connectivity index (χ1n) is 9.66. The first-order valence-corrected chi connectivity index (χ1v) is 9.66. The van der Waals surface area contributed by atoms with Crippen LogP contribution in [0.15, 0.2) is 71.3 Å². The van der Waals surface area contributed by atoms with Crippen LogP contribution in [-0.4, -0.2) is 22.2 Å². The first-order chi connectivity index (χ1) is 14.2. The van der Waals surface area contributed by atoms with Gasteiger partial charge in [0.2, 0.25) is 0 Å². The van der Waals surface area contributed by atoms with Crippen LogP contribution in [0.4, 0.5) is 0 Å². The Labute approximate surface area is 169 Å². The van der Waals surface area contributed by atoms with Crippen molar-refractivity contribution in [1.82, 2.24) is 15.1 Å². The molecule has 1 amide bonds. The standard InChI is InChI=1S/C23H23N3O3/c1-17-11-13-25-26(17)14-4-12-24-23(27)22-10-9-21(29-22)16-28-20-8-7-18-5-2-3-6-19(18)15-20/h2-3,5-11,13,15H,4,12,14,16H2,1H3,(H,24,27). The summed E-state index contributed by atoms with van der Waals surface area (Å²) in [6.45, 7) is 3.60. The molecular formula is C23H23N3O3. The van der Waals surface area contributed by atoms with Gasteiger partial charge >= 0.3 is 0 Å². The summed E-state index contributed by atoms with van der Waals surface area (Å²) in [7, 11) is 0. The van der Waals surface area contributed by atoms with E-state index in [1.807, 2.05) is 54.1 Å². The summed E-state index contributed by atoms with van der Waals surface area (Å²) >= 11 is 0. The number of hydrogen-bond donors (Lipinski definition) is 1. The van der Waals surface area contributed by atoms with Crippen LogP contribution in [0.2, 0.25) is 0 Å². The third kappa shape index (κ3) is 4.66. The molecule has 0 fully saturated rings. The number of amides is 1. The lowest BCUT2D eigenvalue weighted by Crippen LogP contribution is -2.25. The minimum atomic E-state index is -0.223. The molecule has 6 nitrogen and oxygen atoms in total. The van der Waals surface area contributed by atoms with Crippen molar-refractivity contribution in [2.45, 2.75) is 26.5 Å². The maximum atomic E-state index is 12.2. The number of carbonyl (C=O) groups is 1. The largest absolute Gasteiger partial charge is 0.486 e. The molecule has 0 saturated heterocycles. The van der Waals surface area contributed by atoms with E-state index in [0.717, 1.165) is 29.8 Å². The number of furan rings is 1. The summed E-state index contributed by atoms with van der Waals surface area (Å²) in [6, 6.07) is 19.5. The average molecular weight is 389 g/mol. The van der Waals surface area contributed by atoms with Crippen LogP contribution in [0, 0.1) is 6.92 Å². The van der Waals surface area contributed by atoms with Crippen molar-refractivity contribution in [3.63, 3.8) is 0 Å². The van der Waals surface area contributed by atoms with Gasteiger partial charge in [0.15, 0.2) is 5.76 Å². The van der Waals surface area contributed by atoms with Crippen molar-refractivity contribution in [2.75, 3.05) is 6.54 Å². The number of carbonyl (C=O) groups excluding carboxylic acids is 1. The lowest BCUT2D eigenvalue weighted by molar-refractivity contribution is 0.0921. The number of aromatic nitrogens is 2. The van der Waals surface area contributed by atoms with Gasteiger partial charge < -0.3 is 14.5 Å². The second kappa shape index (κ2) is 8.65. The van der Waals surface area contributed by atoms with E-state index in [1.54, 1.807) is 18.3 Å². The smallest absolute Gasteiger partial charge is 0.286 e. The zero-order chi connectivity index (χ0) is 20.1. The molecule has 148 valence electrons. The third-order valence-corrected chi connectivity index (χ3v) is 4.75. The van der Waals surface area contributed by atoms with Crippen molar-refractivity contribution in [1.29, 1.82) is 0 Å². The van der Waals surface area contributed by atoms with Gasteiger partial charge in [0.25, 0.3) is 5.91 Å². The summed E-state index contributed by atoms with van der Waals surface area (Å²) in [6.07, 6.45) is 2.57. The second-order valence-electron chi connectivity index (χ2n) is 6.87. The molecule has 0 aliphatic heterocycles. The van der Waals surface area contributed by atoms with Crippen molar-refractivity contribution in [3.8, 4) is 5.75 Å². The fourth-order valence-electron chi connectivity index (χ4n) is 3.14. The first kappa shape index (κ1) is 18.8. The predicted molar refractivity (Wildman–Crippen MR) is 111 cm³/mol. The molecule has 29 heavy (non-hydrogen) atoms. The fourth-order valence-corrected chi connectivity index (χ4v) is 3.14. The summed E-state index contributed by atoms with van der Waals surface area (Å²) < 4.78 is 13.3. The Kier molecular flexibility index (Phi) is 5.61. The summed E-state index contributed by atoms with van der Waals surface area (Å²) in [5, 5.41) is 9.39. The molecular weight excluding hydrogens is 366 g/mol. The molecule has 4 aromatic rings. The average Bonchev–Trinajstić information content (AvgIpc) is 3.38. The van der Waals surface area contributed by atoms with Gasteiger partial charge in [-0.2, -0.15) is 5.10 Å². The Hall–Kier alpha value is -3.54. The van der Waals surface area contributed by atoms with Gasteiger partial charge in [-0.3, -0.25) is 9.48 Å². The molecule has 0 radical (unpaired) electrons. The van der Waals surface area contributed by atoms with Gasteiger partial charge in [0, 0.05) is 25.0 Å². The molecule has 0 bridgehead atoms. The molecule has 2 heterocycles. The van der Waals surface area contributed by atoms with E-state index in [0.29, 0.717) is 12.3 Å². The molecule has 4 rings (SSSR count). The molecule has 2 aromatic carbocycles. The predicted octanol–water partition coefficient (Wildman–Crippen LogP) is 4.34. The number of benzene rings is 2. The number of rotatable bonds is 8. The number of ether oxygens (including phenoxy) is 1. The van der Waals surface area contributed by atoms with E-state index in [9.17, 15) is 4.79 Å². The van der Waals surface area contributed by atoms with Crippen LogP contribution in [0.3, 0.4) is 0 Å². The maximum Gasteiger partial charge on any atom is 0.286 e. The van der Waals surface area contributed by atoms with Crippen LogP contribution in [0.5, 0.6) is 5.75 Å². The Morgan fingerprint density at radius 1 is 1.10 bits per heavy atom. The van der Waals surface area contributed by atoms with Gasteiger partial charge in [0.05, 0.1) is 0 Å². The molecule has 0 atom stereocenters. The molecule has 0 aliphatic carbocycles.